The van der Waals surface area contributed by atoms with E-state index in [0.717, 1.165) is 19.3 Å². The molecule has 0 aromatic rings. The minimum absolute atomic E-state index is 0. The summed E-state index contributed by atoms with van der Waals surface area (Å²) in [6.45, 7) is 2.50. The summed E-state index contributed by atoms with van der Waals surface area (Å²) < 4.78 is 10.3. The molecule has 1 unspecified atom stereocenters. The van der Waals surface area contributed by atoms with E-state index in [0.29, 0.717) is 6.61 Å². The summed E-state index contributed by atoms with van der Waals surface area (Å²) in [5.41, 5.74) is 0. The summed E-state index contributed by atoms with van der Waals surface area (Å²) in [4.78, 5) is 10.9. The van der Waals surface area contributed by atoms with Crippen LogP contribution < -0.4 is 34.7 Å². The van der Waals surface area contributed by atoms with Crippen LogP contribution in [0, 0.1) is 0 Å². The van der Waals surface area contributed by atoms with Gasteiger partial charge >= 0.3 is 29.6 Å². The summed E-state index contributed by atoms with van der Waals surface area (Å²) >= 11 is 0. The smallest absolute Gasteiger partial charge is 0.547 e. The molecule has 0 bridgehead atoms. The normalized spacial score (nSPS) is 28.5. The molecule has 1 heterocycles. The Morgan fingerprint density at radius 3 is 1.88 bits per heavy atom. The molecule has 5 atom stereocenters. The molecule has 26 heavy (non-hydrogen) atoms. The minimum Gasteiger partial charge on any atom is -0.547 e. The number of carbonyl (C=O) groups is 1. The van der Waals surface area contributed by atoms with Crippen molar-refractivity contribution in [2.45, 2.75) is 102 Å². The monoisotopic (exact) mass is 384 g/mol. The Labute approximate surface area is 178 Å². The fourth-order valence-electron chi connectivity index (χ4n) is 2.97. The molecule has 0 amide bonds. The molecular weight excluding hydrogens is 351 g/mol. The van der Waals surface area contributed by atoms with Crippen LogP contribution in [-0.4, -0.2) is 58.6 Å². The third-order valence-corrected chi connectivity index (χ3v) is 4.58. The first-order valence-corrected chi connectivity index (χ1v) is 9.51. The number of aliphatic hydroxyl groups is 3. The van der Waals surface area contributed by atoms with E-state index < -0.39 is 36.7 Å². The summed E-state index contributed by atoms with van der Waals surface area (Å²) in [5, 5.41) is 39.9. The average Bonchev–Trinajstić information content (AvgIpc) is 2.59. The van der Waals surface area contributed by atoms with E-state index in [-0.39, 0.29) is 29.6 Å². The molecule has 0 radical (unpaired) electrons. The van der Waals surface area contributed by atoms with Crippen molar-refractivity contribution < 1.29 is 64.3 Å². The van der Waals surface area contributed by atoms with Gasteiger partial charge in [-0.3, -0.25) is 0 Å². The second-order valence-corrected chi connectivity index (χ2v) is 6.77. The number of carboxylic acid groups (broad SMARTS) is 1. The van der Waals surface area contributed by atoms with Gasteiger partial charge in [0.05, 0.1) is 5.97 Å². The number of carbonyl (C=O) groups excluding carboxylic acids is 1. The molecule has 1 rings (SSSR count). The predicted octanol–water partition coefficient (Wildman–Crippen LogP) is -2.51. The number of rotatable bonds is 13. The maximum atomic E-state index is 10.9. The van der Waals surface area contributed by atoms with E-state index in [1.807, 2.05) is 0 Å². The first kappa shape index (κ1) is 26.3. The number of ether oxygens (including phenoxy) is 2. The van der Waals surface area contributed by atoms with Gasteiger partial charge in [0.25, 0.3) is 0 Å². The van der Waals surface area contributed by atoms with Crippen LogP contribution in [0.4, 0.5) is 0 Å². The third kappa shape index (κ3) is 9.46. The Balaban J connectivity index is 0.00000625. The quantitative estimate of drug-likeness (QED) is 0.237. The number of unbranched alkanes of at least 4 members (excludes halogenated alkanes) is 9. The molecule has 3 N–H and O–H groups in total. The second-order valence-electron chi connectivity index (χ2n) is 6.77. The standard InChI is InChI=1S/C18H34O7.Na/c1-2-3-4-5-6-7-8-9-10-11-12-24-18-15(21)13(19)14(20)16(25-18)17(22)23;/h13-16,18-21H,2-12H2,1H3,(H,22,23);/q;+1/p-1/t13-,14+,15+,16-,18?;/m0./s1. The maximum absolute atomic E-state index is 10.9. The Morgan fingerprint density at radius 1 is 0.885 bits per heavy atom. The van der Waals surface area contributed by atoms with Gasteiger partial charge in [0.15, 0.2) is 6.29 Å². The molecule has 1 fully saturated rings. The van der Waals surface area contributed by atoms with Gasteiger partial charge in [0.1, 0.15) is 24.4 Å². The van der Waals surface area contributed by atoms with Crippen molar-refractivity contribution in [1.82, 2.24) is 0 Å². The zero-order valence-corrected chi connectivity index (χ0v) is 18.1. The molecule has 148 valence electrons. The van der Waals surface area contributed by atoms with Crippen molar-refractivity contribution in [2.75, 3.05) is 6.61 Å². The first-order valence-electron chi connectivity index (χ1n) is 9.51. The Kier molecular flexibility index (Phi) is 15.4. The SMILES string of the molecule is CCCCCCCCCCCCOC1O[C@H](C(=O)[O-])[C@H](O)[C@H](O)[C@H]1O.[Na+]. The first-order chi connectivity index (χ1) is 12.0. The van der Waals surface area contributed by atoms with Crippen LogP contribution in [0.5, 0.6) is 0 Å². The summed E-state index contributed by atoms with van der Waals surface area (Å²) in [6, 6.07) is 0. The zero-order chi connectivity index (χ0) is 18.7. The van der Waals surface area contributed by atoms with Gasteiger partial charge in [-0.05, 0) is 6.42 Å². The van der Waals surface area contributed by atoms with Crippen LogP contribution in [0.2, 0.25) is 0 Å². The number of aliphatic hydroxyl groups excluding tert-OH is 3. The third-order valence-electron chi connectivity index (χ3n) is 4.58. The average molecular weight is 384 g/mol. The van der Waals surface area contributed by atoms with E-state index in [9.17, 15) is 25.2 Å². The summed E-state index contributed by atoms with van der Waals surface area (Å²) in [7, 11) is 0. The van der Waals surface area contributed by atoms with E-state index >= 15 is 0 Å². The van der Waals surface area contributed by atoms with Crippen LogP contribution in [-0.2, 0) is 14.3 Å². The minimum atomic E-state index is -1.74. The van der Waals surface area contributed by atoms with Crippen molar-refractivity contribution in [2.24, 2.45) is 0 Å². The summed E-state index contributed by atoms with van der Waals surface area (Å²) in [6.07, 6.45) is 3.90. The van der Waals surface area contributed by atoms with Crippen LogP contribution in [0.3, 0.4) is 0 Å². The second kappa shape index (κ2) is 15.2. The van der Waals surface area contributed by atoms with Crippen LogP contribution >= 0.6 is 0 Å². The number of hydrogen-bond donors (Lipinski definition) is 3. The molecule has 0 aromatic heterocycles. The molecule has 0 spiro atoms. The van der Waals surface area contributed by atoms with Crippen molar-refractivity contribution in [3.63, 3.8) is 0 Å². The van der Waals surface area contributed by atoms with E-state index in [1.54, 1.807) is 0 Å². The van der Waals surface area contributed by atoms with E-state index in [1.165, 1.54) is 44.9 Å². The van der Waals surface area contributed by atoms with Crippen molar-refractivity contribution >= 4 is 5.97 Å². The van der Waals surface area contributed by atoms with Gasteiger partial charge in [-0.1, -0.05) is 64.7 Å². The molecule has 1 saturated heterocycles. The van der Waals surface area contributed by atoms with Crippen molar-refractivity contribution in [3.05, 3.63) is 0 Å². The molecule has 1 aliphatic heterocycles. The van der Waals surface area contributed by atoms with Crippen molar-refractivity contribution in [1.29, 1.82) is 0 Å². The Morgan fingerprint density at radius 2 is 1.38 bits per heavy atom. The molecule has 0 saturated carbocycles. The van der Waals surface area contributed by atoms with Crippen molar-refractivity contribution in [3.8, 4) is 0 Å². The fraction of sp³-hybridized carbons (Fsp3) is 0.944. The number of hydrogen-bond acceptors (Lipinski definition) is 7. The fourth-order valence-corrected chi connectivity index (χ4v) is 2.97. The number of carboxylic acids is 1. The molecule has 1 aliphatic rings. The predicted molar refractivity (Wildman–Crippen MR) is 89.5 cm³/mol. The van der Waals surface area contributed by atoms with Crippen LogP contribution in [0.1, 0.15) is 71.1 Å². The largest absolute Gasteiger partial charge is 1.00 e. The topological polar surface area (TPSA) is 119 Å². The molecule has 8 heteroatoms. The molecule has 7 nitrogen and oxygen atoms in total. The van der Waals surface area contributed by atoms with Gasteiger partial charge in [0.2, 0.25) is 0 Å². The molecule has 0 aliphatic carbocycles. The zero-order valence-electron chi connectivity index (χ0n) is 16.1. The summed E-state index contributed by atoms with van der Waals surface area (Å²) in [5.74, 6) is -1.65. The van der Waals surface area contributed by atoms with Gasteiger partial charge in [0, 0.05) is 6.61 Å². The Hall–Kier alpha value is 0.270. The van der Waals surface area contributed by atoms with E-state index in [2.05, 4.69) is 6.92 Å². The van der Waals surface area contributed by atoms with Gasteiger partial charge in [-0.25, -0.2) is 0 Å². The van der Waals surface area contributed by atoms with Gasteiger partial charge in [-0.15, -0.1) is 0 Å². The molecule has 0 aromatic carbocycles. The van der Waals surface area contributed by atoms with Crippen LogP contribution in [0.15, 0.2) is 0 Å². The van der Waals surface area contributed by atoms with Crippen LogP contribution in [0.25, 0.3) is 0 Å². The van der Waals surface area contributed by atoms with E-state index in [4.69, 9.17) is 9.47 Å². The maximum Gasteiger partial charge on any atom is 1.00 e. The number of aliphatic carboxylic acids is 1. The van der Waals surface area contributed by atoms with Gasteiger partial charge < -0.3 is 34.7 Å². The Bertz CT molecular complexity index is 369. The van der Waals surface area contributed by atoms with Gasteiger partial charge in [-0.2, -0.15) is 0 Å². The molecular formula is C18H33NaO7.